The molecule has 1 saturated heterocycles. The Bertz CT molecular complexity index is 923. The highest BCUT2D eigenvalue weighted by Crippen LogP contribution is 2.35. The molecule has 31 heavy (non-hydrogen) atoms. The molecule has 0 bridgehead atoms. The lowest BCUT2D eigenvalue weighted by atomic mass is 9.87. The molecule has 1 aromatic rings. The fourth-order valence-electron chi connectivity index (χ4n) is 3.97. The first-order valence-electron chi connectivity index (χ1n) is 10.7. The average Bonchev–Trinajstić information content (AvgIpc) is 3.15. The molecule has 2 aliphatic heterocycles. The molecule has 0 saturated carbocycles. The van der Waals surface area contributed by atoms with Gasteiger partial charge in [-0.15, -0.1) is 0 Å². The van der Waals surface area contributed by atoms with E-state index in [0.29, 0.717) is 51.2 Å². The Labute approximate surface area is 185 Å². The maximum Gasteiger partial charge on any atom is 0.281 e. The van der Waals surface area contributed by atoms with Crippen molar-refractivity contribution in [1.82, 2.24) is 13.9 Å². The molecule has 172 valence electrons. The third-order valence-electron chi connectivity index (χ3n) is 5.94. The Morgan fingerprint density at radius 1 is 1.29 bits per heavy atom. The third kappa shape index (κ3) is 5.36. The van der Waals surface area contributed by atoms with Crippen molar-refractivity contribution in [2.24, 2.45) is 5.16 Å². The molecule has 1 amide bonds. The quantitative estimate of drug-likeness (QED) is 0.644. The Kier molecular flexibility index (Phi) is 7.23. The highest BCUT2D eigenvalue weighted by atomic mass is 32.2. The number of hydrogen-bond donors (Lipinski definition) is 1. The van der Waals surface area contributed by atoms with E-state index in [-0.39, 0.29) is 5.91 Å². The average molecular weight is 452 g/mol. The summed E-state index contributed by atoms with van der Waals surface area (Å²) in [4.78, 5) is 20.5. The third-order valence-corrected chi connectivity index (χ3v) is 7.88. The lowest BCUT2D eigenvalue weighted by Crippen LogP contribution is -2.50. The summed E-state index contributed by atoms with van der Waals surface area (Å²) in [5.41, 5.74) is 2.13. The van der Waals surface area contributed by atoms with Gasteiger partial charge in [-0.1, -0.05) is 17.3 Å². The molecular weight excluding hydrogens is 418 g/mol. The zero-order chi connectivity index (χ0) is 22.6. The first-order valence-corrected chi connectivity index (χ1v) is 12.1. The highest BCUT2D eigenvalue weighted by Gasteiger charge is 2.45. The molecule has 0 unspecified atom stereocenters. The number of oxime groups is 1. The fourth-order valence-corrected chi connectivity index (χ4v) is 5.07. The van der Waals surface area contributed by atoms with Crippen LogP contribution in [-0.4, -0.2) is 81.1 Å². The van der Waals surface area contributed by atoms with E-state index in [4.69, 9.17) is 4.84 Å². The number of rotatable bonds is 8. The number of carbonyl (C=O) groups excluding carboxylic acids is 1. The van der Waals surface area contributed by atoms with Gasteiger partial charge in [0.2, 0.25) is 0 Å². The van der Waals surface area contributed by atoms with Crippen molar-refractivity contribution in [2.75, 3.05) is 51.7 Å². The molecular formula is C21H33N5O4S. The van der Waals surface area contributed by atoms with Gasteiger partial charge in [-0.05, 0) is 31.5 Å². The van der Waals surface area contributed by atoms with Gasteiger partial charge >= 0.3 is 0 Å². The van der Waals surface area contributed by atoms with Crippen LogP contribution >= 0.6 is 0 Å². The zero-order valence-electron chi connectivity index (χ0n) is 18.8. The number of anilines is 1. The number of aryl methyl sites for hydroxylation is 1. The summed E-state index contributed by atoms with van der Waals surface area (Å²) in [5, 5.41) is 6.97. The van der Waals surface area contributed by atoms with Gasteiger partial charge in [0.15, 0.2) is 0 Å². The molecule has 1 spiro atoms. The van der Waals surface area contributed by atoms with Crippen molar-refractivity contribution >= 4 is 27.5 Å². The lowest BCUT2D eigenvalue weighted by Gasteiger charge is -2.37. The van der Waals surface area contributed by atoms with Crippen LogP contribution in [0.3, 0.4) is 0 Å². The van der Waals surface area contributed by atoms with Crippen LogP contribution in [0.5, 0.6) is 0 Å². The number of carbonyl (C=O) groups is 1. The summed E-state index contributed by atoms with van der Waals surface area (Å²) in [6.45, 7) is 6.90. The monoisotopic (exact) mass is 451 g/mol. The van der Waals surface area contributed by atoms with E-state index < -0.39 is 15.8 Å². The molecule has 0 aromatic heterocycles. The molecule has 0 aliphatic carbocycles. The first-order chi connectivity index (χ1) is 14.7. The minimum atomic E-state index is -3.43. The van der Waals surface area contributed by atoms with E-state index in [2.05, 4.69) is 47.4 Å². The number of hydrogen-bond acceptors (Lipinski definition) is 6. The van der Waals surface area contributed by atoms with Gasteiger partial charge in [0.05, 0.1) is 0 Å². The predicted octanol–water partition coefficient (Wildman–Crippen LogP) is 1.35. The van der Waals surface area contributed by atoms with Crippen LogP contribution in [-0.2, 0) is 19.8 Å². The van der Waals surface area contributed by atoms with Gasteiger partial charge in [0.25, 0.3) is 16.1 Å². The number of piperidine rings is 1. The van der Waals surface area contributed by atoms with Crippen molar-refractivity contribution in [2.45, 2.75) is 38.7 Å². The van der Waals surface area contributed by atoms with Crippen LogP contribution in [0.2, 0.25) is 0 Å². The van der Waals surface area contributed by atoms with Crippen LogP contribution in [0.4, 0.5) is 5.69 Å². The van der Waals surface area contributed by atoms with Crippen LogP contribution in [0.25, 0.3) is 0 Å². The number of nitrogens with one attached hydrogen (secondary N) is 1. The molecule has 10 heteroatoms. The normalized spacial score (nSPS) is 18.7. The summed E-state index contributed by atoms with van der Waals surface area (Å²) in [7, 11) is -0.387. The maximum absolute atomic E-state index is 12.6. The lowest BCUT2D eigenvalue weighted by molar-refractivity contribution is -0.114. The van der Waals surface area contributed by atoms with E-state index in [1.807, 2.05) is 6.07 Å². The van der Waals surface area contributed by atoms with E-state index >= 15 is 0 Å². The van der Waals surface area contributed by atoms with Crippen LogP contribution in [0, 0.1) is 6.92 Å². The number of likely N-dealkylation sites (N-methyl/N-ethyl adjacent to an activating group) is 1. The molecule has 1 aromatic carbocycles. The highest BCUT2D eigenvalue weighted by molar-refractivity contribution is 7.86. The van der Waals surface area contributed by atoms with Crippen LogP contribution in [0.1, 0.15) is 31.7 Å². The van der Waals surface area contributed by atoms with Gasteiger partial charge in [0.1, 0.15) is 11.3 Å². The van der Waals surface area contributed by atoms with Crippen molar-refractivity contribution in [3.63, 3.8) is 0 Å². The van der Waals surface area contributed by atoms with Crippen molar-refractivity contribution in [1.29, 1.82) is 0 Å². The Morgan fingerprint density at radius 3 is 2.61 bits per heavy atom. The van der Waals surface area contributed by atoms with Gasteiger partial charge in [-0.3, -0.25) is 4.79 Å². The Hall–Kier alpha value is -2.17. The molecule has 9 nitrogen and oxygen atoms in total. The fraction of sp³-hybridized carbons (Fsp3) is 0.619. The predicted molar refractivity (Wildman–Crippen MR) is 121 cm³/mol. The van der Waals surface area contributed by atoms with Gasteiger partial charge in [-0.25, -0.2) is 0 Å². The number of amides is 1. The number of nitrogens with zero attached hydrogens (tertiary/aromatic N) is 4. The maximum atomic E-state index is 12.6. The zero-order valence-corrected chi connectivity index (χ0v) is 19.6. The minimum Gasteiger partial charge on any atom is -0.388 e. The largest absolute Gasteiger partial charge is 0.388 e. The summed E-state index contributed by atoms with van der Waals surface area (Å²) < 4.78 is 27.3. The van der Waals surface area contributed by atoms with Crippen molar-refractivity contribution in [3.05, 3.63) is 29.8 Å². The van der Waals surface area contributed by atoms with Crippen molar-refractivity contribution < 1.29 is 18.0 Å². The van der Waals surface area contributed by atoms with E-state index in [9.17, 15) is 13.2 Å². The molecule has 0 radical (unpaired) electrons. The standard InChI is InChI=1S/C21H33N5O4S/c1-5-25(18-8-6-7-17(2)15-18)14-11-22-20(27)19-16-21(30-23-19)9-12-26(13-10-21)31(28,29)24(3)4/h6-8,15H,5,9-14,16H2,1-4H3,(H,22,27). The van der Waals surface area contributed by atoms with E-state index in [1.54, 1.807) is 0 Å². The minimum absolute atomic E-state index is 0.222. The molecule has 2 aliphatic rings. The summed E-state index contributed by atoms with van der Waals surface area (Å²) in [5.74, 6) is -0.222. The first kappa shape index (κ1) is 23.5. The smallest absolute Gasteiger partial charge is 0.281 e. The van der Waals surface area contributed by atoms with E-state index in [1.165, 1.54) is 28.3 Å². The molecule has 3 rings (SSSR count). The molecule has 2 heterocycles. The Balaban J connectivity index is 1.48. The van der Waals surface area contributed by atoms with Crippen LogP contribution < -0.4 is 10.2 Å². The molecule has 1 N–H and O–H groups in total. The van der Waals surface area contributed by atoms with Gasteiger partial charge in [0, 0.05) is 71.8 Å². The summed E-state index contributed by atoms with van der Waals surface area (Å²) in [6.07, 6.45) is 1.43. The second-order valence-electron chi connectivity index (χ2n) is 8.35. The van der Waals surface area contributed by atoms with Gasteiger partial charge < -0.3 is 15.1 Å². The topological polar surface area (TPSA) is 94.5 Å². The molecule has 1 fully saturated rings. The van der Waals surface area contributed by atoms with Crippen LogP contribution in [0.15, 0.2) is 29.4 Å². The second-order valence-corrected chi connectivity index (χ2v) is 10.5. The molecule has 0 atom stereocenters. The Morgan fingerprint density at radius 2 is 2.00 bits per heavy atom. The number of benzene rings is 1. The van der Waals surface area contributed by atoms with E-state index in [0.717, 1.165) is 12.2 Å². The second kappa shape index (κ2) is 9.54. The van der Waals surface area contributed by atoms with Gasteiger partial charge in [-0.2, -0.15) is 17.0 Å². The SMILES string of the molecule is CCN(CCNC(=O)C1=NOC2(CCN(S(=O)(=O)N(C)C)CC2)C1)c1cccc(C)c1. The van der Waals surface area contributed by atoms with Crippen molar-refractivity contribution in [3.8, 4) is 0 Å². The summed E-state index contributed by atoms with van der Waals surface area (Å²) >= 11 is 0. The summed E-state index contributed by atoms with van der Waals surface area (Å²) in [6, 6.07) is 8.30.